The van der Waals surface area contributed by atoms with Gasteiger partial charge in [0, 0.05) is 24.7 Å². The molecule has 0 radical (unpaired) electrons. The number of fused-ring (bicyclic) bond motifs is 3. The van der Waals surface area contributed by atoms with Crippen LogP contribution in [0.4, 0.5) is 4.79 Å². The van der Waals surface area contributed by atoms with Crippen LogP contribution in [0.3, 0.4) is 0 Å². The summed E-state index contributed by atoms with van der Waals surface area (Å²) in [4.78, 5) is 33.5. The topological polar surface area (TPSA) is 114 Å². The number of hydrogen-bond acceptors (Lipinski definition) is 7. The summed E-state index contributed by atoms with van der Waals surface area (Å²) >= 11 is 0. The van der Waals surface area contributed by atoms with Crippen molar-refractivity contribution >= 4 is 12.1 Å². The van der Waals surface area contributed by atoms with Crippen LogP contribution in [0.1, 0.15) is 49.2 Å². The monoisotopic (exact) mass is 470 g/mol. The Kier molecular flexibility index (Phi) is 6.78. The molecule has 0 saturated carbocycles. The van der Waals surface area contributed by atoms with Gasteiger partial charge in [0.2, 0.25) is 5.82 Å². The van der Waals surface area contributed by atoms with E-state index in [-0.39, 0.29) is 24.8 Å². The minimum absolute atomic E-state index is 0.0204. The molecule has 1 heterocycles. The average Bonchev–Trinajstić information content (AvgIpc) is 3.15. The van der Waals surface area contributed by atoms with Gasteiger partial charge < -0.3 is 14.8 Å². The van der Waals surface area contributed by atoms with Crippen molar-refractivity contribution in [3.63, 3.8) is 0 Å². The molecule has 1 atom stereocenters. The Bertz CT molecular complexity index is 1230. The summed E-state index contributed by atoms with van der Waals surface area (Å²) in [5.74, 6) is -0.678. The van der Waals surface area contributed by atoms with Crippen LogP contribution in [0, 0.1) is 11.3 Å². The number of ether oxygens (including phenoxy) is 2. The van der Waals surface area contributed by atoms with Crippen molar-refractivity contribution in [2.24, 2.45) is 0 Å². The second-order valence-electron chi connectivity index (χ2n) is 9.29. The first-order valence-electron chi connectivity index (χ1n) is 11.3. The van der Waals surface area contributed by atoms with Crippen LogP contribution in [0.25, 0.3) is 11.1 Å². The number of rotatable bonds is 6. The van der Waals surface area contributed by atoms with E-state index in [1.165, 1.54) is 12.4 Å². The molecule has 1 aliphatic rings. The lowest BCUT2D eigenvalue weighted by Crippen LogP contribution is -2.46. The molecule has 8 nitrogen and oxygen atoms in total. The predicted molar refractivity (Wildman–Crippen MR) is 128 cm³/mol. The van der Waals surface area contributed by atoms with Gasteiger partial charge in [-0.15, -0.1) is 0 Å². The molecule has 2 aromatic carbocycles. The van der Waals surface area contributed by atoms with Crippen LogP contribution in [-0.2, 0) is 20.7 Å². The SMILES string of the molecule is CC(C)(C)OC(=O)[C@H](Cc1cnc(C#N)nc1)NC(=O)OCC1c2ccccc2-c2ccccc21. The number of benzene rings is 2. The Balaban J connectivity index is 1.47. The summed E-state index contributed by atoms with van der Waals surface area (Å²) in [5.41, 5.74) is 4.28. The van der Waals surface area contributed by atoms with Gasteiger partial charge in [0.25, 0.3) is 0 Å². The summed E-state index contributed by atoms with van der Waals surface area (Å²) < 4.78 is 11.1. The van der Waals surface area contributed by atoms with E-state index in [9.17, 15) is 9.59 Å². The molecule has 1 N–H and O–H groups in total. The fraction of sp³-hybridized carbons (Fsp3) is 0.296. The molecule has 0 saturated heterocycles. The first-order valence-corrected chi connectivity index (χ1v) is 11.3. The van der Waals surface area contributed by atoms with Crippen molar-refractivity contribution < 1.29 is 19.1 Å². The van der Waals surface area contributed by atoms with Gasteiger partial charge in [0.15, 0.2) is 0 Å². The van der Waals surface area contributed by atoms with E-state index in [0.717, 1.165) is 22.3 Å². The molecule has 35 heavy (non-hydrogen) atoms. The van der Waals surface area contributed by atoms with Gasteiger partial charge >= 0.3 is 12.1 Å². The van der Waals surface area contributed by atoms with E-state index in [2.05, 4.69) is 27.4 Å². The molecular formula is C27H26N4O4. The summed E-state index contributed by atoms with van der Waals surface area (Å²) in [6.07, 6.45) is 2.26. The largest absolute Gasteiger partial charge is 0.458 e. The van der Waals surface area contributed by atoms with Crippen LogP contribution >= 0.6 is 0 Å². The van der Waals surface area contributed by atoms with E-state index >= 15 is 0 Å². The minimum atomic E-state index is -1.01. The Labute approximate surface area is 203 Å². The summed E-state index contributed by atoms with van der Waals surface area (Å²) in [6, 6.07) is 16.9. The Hall–Kier alpha value is -4.25. The van der Waals surface area contributed by atoms with Gasteiger partial charge in [-0.2, -0.15) is 5.26 Å². The third kappa shape index (κ3) is 5.64. The zero-order chi connectivity index (χ0) is 25.0. The maximum atomic E-state index is 12.8. The Morgan fingerprint density at radius 2 is 1.60 bits per heavy atom. The standard InChI is InChI=1S/C27H26N4O4/c1-27(2,3)35-25(32)23(12-17-14-29-24(13-28)30-15-17)31-26(33)34-16-22-20-10-6-4-8-18(20)19-9-5-7-11-21(19)22/h4-11,14-15,22-23H,12,16H2,1-3H3,(H,31,33)/t23-/m0/s1. The molecule has 0 fully saturated rings. The highest BCUT2D eigenvalue weighted by Crippen LogP contribution is 2.44. The van der Waals surface area contributed by atoms with Gasteiger partial charge in [0.1, 0.15) is 24.3 Å². The van der Waals surface area contributed by atoms with Crippen molar-refractivity contribution in [2.75, 3.05) is 6.61 Å². The average molecular weight is 471 g/mol. The lowest BCUT2D eigenvalue weighted by molar-refractivity contribution is -0.157. The molecule has 0 spiro atoms. The molecule has 8 heteroatoms. The number of esters is 1. The highest BCUT2D eigenvalue weighted by Gasteiger charge is 2.31. The molecule has 0 unspecified atom stereocenters. The van der Waals surface area contributed by atoms with E-state index in [1.807, 2.05) is 42.5 Å². The number of hydrogen-bond donors (Lipinski definition) is 1. The number of amides is 1. The number of nitrogens with one attached hydrogen (secondary N) is 1. The third-order valence-corrected chi connectivity index (χ3v) is 5.57. The summed E-state index contributed by atoms with van der Waals surface area (Å²) in [5, 5.41) is 11.5. The smallest absolute Gasteiger partial charge is 0.407 e. The van der Waals surface area contributed by atoms with Gasteiger partial charge in [-0.1, -0.05) is 48.5 Å². The molecule has 0 bridgehead atoms. The van der Waals surface area contributed by atoms with Crippen molar-refractivity contribution in [1.82, 2.24) is 15.3 Å². The summed E-state index contributed by atoms with van der Waals surface area (Å²) in [7, 11) is 0. The molecule has 1 amide bonds. The lowest BCUT2D eigenvalue weighted by atomic mass is 9.98. The van der Waals surface area contributed by atoms with Crippen molar-refractivity contribution in [3.8, 4) is 17.2 Å². The number of alkyl carbamates (subject to hydrolysis) is 1. The Morgan fingerprint density at radius 1 is 1.03 bits per heavy atom. The molecule has 178 valence electrons. The van der Waals surface area contributed by atoms with Gasteiger partial charge in [-0.25, -0.2) is 19.6 Å². The first kappa shape index (κ1) is 23.9. The third-order valence-electron chi connectivity index (χ3n) is 5.57. The number of carbonyl (C=O) groups is 2. The highest BCUT2D eigenvalue weighted by molar-refractivity contribution is 5.82. The maximum Gasteiger partial charge on any atom is 0.407 e. The molecule has 0 aliphatic heterocycles. The molecule has 4 rings (SSSR count). The minimum Gasteiger partial charge on any atom is -0.458 e. The number of nitrogens with zero attached hydrogens (tertiary/aromatic N) is 3. The Morgan fingerprint density at radius 3 is 2.14 bits per heavy atom. The van der Waals surface area contributed by atoms with Crippen molar-refractivity contribution in [1.29, 1.82) is 5.26 Å². The number of aromatic nitrogens is 2. The molecule has 1 aromatic heterocycles. The molecular weight excluding hydrogens is 444 g/mol. The molecule has 3 aromatic rings. The first-order chi connectivity index (χ1) is 16.7. The van der Waals surface area contributed by atoms with Crippen LogP contribution in [0.5, 0.6) is 0 Å². The van der Waals surface area contributed by atoms with E-state index in [0.29, 0.717) is 5.56 Å². The molecule has 1 aliphatic carbocycles. The van der Waals surface area contributed by atoms with E-state index in [4.69, 9.17) is 14.7 Å². The second kappa shape index (κ2) is 9.94. The number of nitriles is 1. The second-order valence-corrected chi connectivity index (χ2v) is 9.29. The highest BCUT2D eigenvalue weighted by atomic mass is 16.6. The van der Waals surface area contributed by atoms with E-state index in [1.54, 1.807) is 20.8 Å². The van der Waals surface area contributed by atoms with Crippen LogP contribution in [-0.4, -0.2) is 40.3 Å². The van der Waals surface area contributed by atoms with Crippen LogP contribution in [0.15, 0.2) is 60.9 Å². The normalized spacial score (nSPS) is 13.2. The van der Waals surface area contributed by atoms with Crippen LogP contribution < -0.4 is 5.32 Å². The maximum absolute atomic E-state index is 12.8. The van der Waals surface area contributed by atoms with Gasteiger partial charge in [-0.05, 0) is 48.6 Å². The van der Waals surface area contributed by atoms with Crippen LogP contribution in [0.2, 0.25) is 0 Å². The predicted octanol–water partition coefficient (Wildman–Crippen LogP) is 4.14. The van der Waals surface area contributed by atoms with E-state index < -0.39 is 23.7 Å². The number of carbonyl (C=O) groups excluding carboxylic acids is 2. The van der Waals surface area contributed by atoms with Gasteiger partial charge in [-0.3, -0.25) is 0 Å². The fourth-order valence-corrected chi connectivity index (χ4v) is 4.10. The van der Waals surface area contributed by atoms with Crippen molar-refractivity contribution in [2.45, 2.75) is 44.8 Å². The zero-order valence-electron chi connectivity index (χ0n) is 19.8. The zero-order valence-corrected chi connectivity index (χ0v) is 19.8. The van der Waals surface area contributed by atoms with Crippen molar-refractivity contribution in [3.05, 3.63) is 83.4 Å². The quantitative estimate of drug-likeness (QED) is 0.539. The summed E-state index contributed by atoms with van der Waals surface area (Å²) in [6.45, 7) is 5.38. The fourth-order valence-electron chi connectivity index (χ4n) is 4.10. The van der Waals surface area contributed by atoms with Gasteiger partial charge in [0.05, 0.1) is 0 Å². The lowest BCUT2D eigenvalue weighted by Gasteiger charge is -2.24.